The number of esters is 2. The zero-order valence-electron chi connectivity index (χ0n) is 20.8. The molecule has 1 rings (SSSR count). The summed E-state index contributed by atoms with van der Waals surface area (Å²) in [4.78, 5) is 34.6. The quantitative estimate of drug-likeness (QED) is 0.182. The van der Waals surface area contributed by atoms with Gasteiger partial charge in [0.25, 0.3) is 0 Å². The fourth-order valence-corrected chi connectivity index (χ4v) is 4.02. The van der Waals surface area contributed by atoms with E-state index >= 15 is 0 Å². The van der Waals surface area contributed by atoms with Crippen LogP contribution in [0, 0.1) is 0 Å². The van der Waals surface area contributed by atoms with Gasteiger partial charge in [0.05, 0.1) is 0 Å². The molecule has 1 aliphatic rings. The van der Waals surface area contributed by atoms with Gasteiger partial charge in [-0.1, -0.05) is 96.8 Å². The maximum Gasteiger partial charge on any atom is 0.328 e. The van der Waals surface area contributed by atoms with Gasteiger partial charge >= 0.3 is 11.9 Å². The summed E-state index contributed by atoms with van der Waals surface area (Å²) in [5.41, 5.74) is 0. The summed E-state index contributed by atoms with van der Waals surface area (Å²) in [6.07, 6.45) is 19.1. The van der Waals surface area contributed by atoms with E-state index in [1.54, 1.807) is 0 Å². The molecule has 1 amide bonds. The van der Waals surface area contributed by atoms with Crippen LogP contribution in [0.2, 0.25) is 0 Å². The zero-order chi connectivity index (χ0) is 24.2. The molecule has 33 heavy (non-hydrogen) atoms. The molecule has 0 radical (unpaired) electrons. The van der Waals surface area contributed by atoms with E-state index in [1.165, 1.54) is 77.0 Å². The van der Waals surface area contributed by atoms with Gasteiger partial charge in [-0.2, -0.15) is 0 Å². The lowest BCUT2D eigenvalue weighted by molar-refractivity contribution is -0.154. The number of nitrogens with one attached hydrogen (secondary N) is 1. The molecule has 1 fully saturated rings. The topological polar surface area (TPSA) is 102 Å². The van der Waals surface area contributed by atoms with E-state index in [9.17, 15) is 19.5 Å². The van der Waals surface area contributed by atoms with Crippen LogP contribution in [0.25, 0.3) is 0 Å². The van der Waals surface area contributed by atoms with E-state index < -0.39 is 18.1 Å². The molecule has 0 aromatic heterocycles. The van der Waals surface area contributed by atoms with Crippen LogP contribution < -0.4 is 5.32 Å². The zero-order valence-corrected chi connectivity index (χ0v) is 20.8. The largest absolute Gasteiger partial charge is 0.463 e. The molecule has 0 aliphatic carbocycles. The Morgan fingerprint density at radius 3 is 1.82 bits per heavy atom. The van der Waals surface area contributed by atoms with E-state index in [2.05, 4.69) is 12.2 Å². The number of ether oxygens (including phenoxy) is 2. The third-order valence-electron chi connectivity index (χ3n) is 6.12. The van der Waals surface area contributed by atoms with Gasteiger partial charge in [0.15, 0.2) is 0 Å². The predicted molar refractivity (Wildman–Crippen MR) is 129 cm³/mol. The smallest absolute Gasteiger partial charge is 0.328 e. The van der Waals surface area contributed by atoms with Crippen LogP contribution in [0.4, 0.5) is 0 Å². The minimum Gasteiger partial charge on any atom is -0.463 e. The van der Waals surface area contributed by atoms with Crippen molar-refractivity contribution in [2.45, 2.75) is 135 Å². The van der Waals surface area contributed by atoms with Gasteiger partial charge in [-0.3, -0.25) is 9.59 Å². The second-order valence-corrected chi connectivity index (χ2v) is 9.33. The summed E-state index contributed by atoms with van der Waals surface area (Å²) in [7, 11) is 0. The van der Waals surface area contributed by atoms with Gasteiger partial charge in [-0.15, -0.1) is 0 Å². The Morgan fingerprint density at radius 2 is 1.33 bits per heavy atom. The Hall–Kier alpha value is -1.63. The molecule has 1 unspecified atom stereocenters. The Morgan fingerprint density at radius 1 is 0.848 bits per heavy atom. The summed E-state index contributed by atoms with van der Waals surface area (Å²) in [6, 6.07) is -0.641. The van der Waals surface area contributed by atoms with Crippen LogP contribution in [0.1, 0.15) is 122 Å². The van der Waals surface area contributed by atoms with Crippen LogP contribution in [-0.2, 0) is 23.9 Å². The summed E-state index contributed by atoms with van der Waals surface area (Å²) in [6.45, 7) is 1.81. The average Bonchev–Trinajstić information content (AvgIpc) is 3.25. The van der Waals surface area contributed by atoms with Gasteiger partial charge in [0.1, 0.15) is 25.4 Å². The first-order valence-electron chi connectivity index (χ1n) is 13.3. The van der Waals surface area contributed by atoms with Gasteiger partial charge in [-0.25, -0.2) is 4.79 Å². The van der Waals surface area contributed by atoms with Crippen molar-refractivity contribution in [3.8, 4) is 0 Å². The molecule has 192 valence electrons. The molecule has 1 heterocycles. The lowest BCUT2D eigenvalue weighted by Crippen LogP contribution is -2.36. The fraction of sp³-hybridized carbons (Fsp3) is 0.885. The van der Waals surface area contributed by atoms with E-state index in [4.69, 9.17) is 9.47 Å². The lowest BCUT2D eigenvalue weighted by atomic mass is 10.0. The van der Waals surface area contributed by atoms with Crippen molar-refractivity contribution < 1.29 is 29.0 Å². The number of hydrogen-bond acceptors (Lipinski definition) is 6. The summed E-state index contributed by atoms with van der Waals surface area (Å²) in [5, 5.41) is 12.3. The average molecular weight is 470 g/mol. The number of carbonyl (C=O) groups is 3. The number of amides is 1. The van der Waals surface area contributed by atoms with Crippen LogP contribution in [0.15, 0.2) is 0 Å². The summed E-state index contributed by atoms with van der Waals surface area (Å²) < 4.78 is 10.0. The second-order valence-electron chi connectivity index (χ2n) is 9.33. The van der Waals surface area contributed by atoms with Crippen LogP contribution in [0.3, 0.4) is 0 Å². The highest BCUT2D eigenvalue weighted by Crippen LogP contribution is 2.14. The summed E-state index contributed by atoms with van der Waals surface area (Å²) >= 11 is 0. The van der Waals surface area contributed by atoms with Crippen molar-refractivity contribution in [3.05, 3.63) is 0 Å². The molecule has 0 aromatic rings. The first-order chi connectivity index (χ1) is 16.0. The van der Waals surface area contributed by atoms with Gasteiger partial charge in [0, 0.05) is 12.8 Å². The van der Waals surface area contributed by atoms with Crippen LogP contribution in [0.5, 0.6) is 0 Å². The van der Waals surface area contributed by atoms with Crippen molar-refractivity contribution in [1.82, 2.24) is 5.32 Å². The number of carbonyl (C=O) groups excluding carboxylic acids is 3. The molecule has 1 aliphatic heterocycles. The Labute approximate surface area is 200 Å². The minimum atomic E-state index is -1.06. The Balaban J connectivity index is 1.83. The first-order valence-corrected chi connectivity index (χ1v) is 13.3. The molecule has 0 spiro atoms. The molecule has 2 atom stereocenters. The third kappa shape index (κ3) is 16.6. The van der Waals surface area contributed by atoms with E-state index in [0.29, 0.717) is 19.3 Å². The Kier molecular flexibility index (Phi) is 17.6. The number of hydrogen-bond donors (Lipinski definition) is 2. The van der Waals surface area contributed by atoms with Crippen LogP contribution >= 0.6 is 0 Å². The normalized spacial score (nSPS) is 16.4. The van der Waals surface area contributed by atoms with E-state index in [0.717, 1.165) is 19.3 Å². The first kappa shape index (κ1) is 29.4. The van der Waals surface area contributed by atoms with Crippen molar-refractivity contribution in [1.29, 1.82) is 0 Å². The maximum absolute atomic E-state index is 11.8. The minimum absolute atomic E-state index is 0.176. The number of unbranched alkanes of at least 4 members (excludes halogenated alkanes) is 14. The molecule has 7 heteroatoms. The van der Waals surface area contributed by atoms with Gasteiger partial charge in [0.2, 0.25) is 5.91 Å². The SMILES string of the molecule is CCCCCCCCCCCCCCCCCC(=O)OCC(O)COC(=O)[C@@H]1CCC(=O)N1. The molecule has 7 nitrogen and oxygen atoms in total. The molecule has 0 aromatic carbocycles. The molecule has 2 N–H and O–H groups in total. The highest BCUT2D eigenvalue weighted by Gasteiger charge is 2.28. The molecule has 1 saturated heterocycles. The van der Waals surface area contributed by atoms with Gasteiger partial charge < -0.3 is 19.9 Å². The van der Waals surface area contributed by atoms with Crippen molar-refractivity contribution in [2.75, 3.05) is 13.2 Å². The molecule has 0 saturated carbocycles. The maximum atomic E-state index is 11.8. The van der Waals surface area contributed by atoms with Crippen LogP contribution in [-0.4, -0.2) is 48.3 Å². The monoisotopic (exact) mass is 469 g/mol. The number of aliphatic hydroxyl groups is 1. The second kappa shape index (κ2) is 19.8. The molecular weight excluding hydrogens is 422 g/mol. The molecule has 0 bridgehead atoms. The standard InChI is InChI=1S/C26H47NO6/c1-2-3-4-5-6-7-8-9-10-11-12-13-14-15-16-17-25(30)32-20-22(28)21-33-26(31)23-18-19-24(29)27-23/h22-23,28H,2-21H2,1H3,(H,27,29)/t22?,23-/m0/s1. The van der Waals surface area contributed by atoms with Gasteiger partial charge in [-0.05, 0) is 12.8 Å². The predicted octanol–water partition coefficient (Wildman–Crippen LogP) is 4.97. The van der Waals surface area contributed by atoms with E-state index in [1.807, 2.05) is 0 Å². The van der Waals surface area contributed by atoms with Crippen molar-refractivity contribution in [2.24, 2.45) is 0 Å². The highest BCUT2D eigenvalue weighted by molar-refractivity contribution is 5.88. The van der Waals surface area contributed by atoms with Crippen molar-refractivity contribution >= 4 is 17.8 Å². The van der Waals surface area contributed by atoms with Crippen molar-refractivity contribution in [3.63, 3.8) is 0 Å². The highest BCUT2D eigenvalue weighted by atomic mass is 16.6. The lowest BCUT2D eigenvalue weighted by Gasteiger charge is -2.14. The third-order valence-corrected chi connectivity index (χ3v) is 6.12. The summed E-state index contributed by atoms with van der Waals surface area (Å²) in [5.74, 6) is -1.08. The number of aliphatic hydroxyl groups excluding tert-OH is 1. The molecular formula is C26H47NO6. The Bertz CT molecular complexity index is 539. The fourth-order valence-electron chi connectivity index (χ4n) is 4.02. The number of rotatable bonds is 21. The van der Waals surface area contributed by atoms with E-state index in [-0.39, 0.29) is 25.1 Å².